The first kappa shape index (κ1) is 14.4. The van der Waals surface area contributed by atoms with Crippen LogP contribution in [-0.4, -0.2) is 39.5 Å². The van der Waals surface area contributed by atoms with E-state index in [1.165, 1.54) is 37.5 Å². The number of rotatable bonds is 5. The minimum absolute atomic E-state index is 0.0221. The molecule has 106 valence electrons. The fourth-order valence-corrected chi connectivity index (χ4v) is 3.29. The zero-order valence-corrected chi connectivity index (χ0v) is 11.6. The van der Waals surface area contributed by atoms with Gasteiger partial charge in [-0.25, -0.2) is 17.5 Å². The molecule has 4 nitrogen and oxygen atoms in total. The Morgan fingerprint density at radius 2 is 1.95 bits per heavy atom. The van der Waals surface area contributed by atoms with Gasteiger partial charge >= 0.3 is 0 Å². The van der Waals surface area contributed by atoms with Crippen LogP contribution in [0.3, 0.4) is 0 Å². The highest BCUT2D eigenvalue weighted by atomic mass is 32.2. The smallest absolute Gasteiger partial charge is 0.240 e. The lowest BCUT2D eigenvalue weighted by atomic mass is 10.1. The van der Waals surface area contributed by atoms with E-state index in [4.69, 9.17) is 0 Å². The second-order valence-corrected chi connectivity index (χ2v) is 6.52. The predicted octanol–water partition coefficient (Wildman–Crippen LogP) is 1.59. The van der Waals surface area contributed by atoms with Crippen molar-refractivity contribution in [1.82, 2.24) is 9.62 Å². The van der Waals surface area contributed by atoms with E-state index in [-0.39, 0.29) is 4.90 Å². The van der Waals surface area contributed by atoms with Crippen LogP contribution in [0, 0.1) is 5.82 Å². The van der Waals surface area contributed by atoms with Gasteiger partial charge in [-0.15, -0.1) is 0 Å². The lowest BCUT2D eigenvalue weighted by Gasteiger charge is -2.26. The molecule has 2 rings (SSSR count). The molecule has 1 fully saturated rings. The molecule has 0 bridgehead atoms. The molecule has 1 saturated heterocycles. The molecule has 6 heteroatoms. The Labute approximate surface area is 113 Å². The fourth-order valence-electron chi connectivity index (χ4n) is 2.24. The van der Waals surface area contributed by atoms with Crippen molar-refractivity contribution in [3.8, 4) is 0 Å². The SMILES string of the molecule is O=S(=O)(NCCN1CCCCC1)c1cccc(F)c1. The zero-order valence-electron chi connectivity index (χ0n) is 10.8. The fraction of sp³-hybridized carbons (Fsp3) is 0.538. The molecule has 1 aromatic carbocycles. The number of likely N-dealkylation sites (tertiary alicyclic amines) is 1. The highest BCUT2D eigenvalue weighted by Gasteiger charge is 2.15. The highest BCUT2D eigenvalue weighted by Crippen LogP contribution is 2.11. The van der Waals surface area contributed by atoms with Gasteiger partial charge in [-0.2, -0.15) is 0 Å². The number of sulfonamides is 1. The number of nitrogens with zero attached hydrogens (tertiary/aromatic N) is 1. The number of hydrogen-bond acceptors (Lipinski definition) is 3. The van der Waals surface area contributed by atoms with Crippen molar-refractivity contribution in [2.75, 3.05) is 26.2 Å². The third-order valence-corrected chi connectivity index (χ3v) is 4.73. The van der Waals surface area contributed by atoms with Crippen molar-refractivity contribution in [3.05, 3.63) is 30.1 Å². The minimum Gasteiger partial charge on any atom is -0.302 e. The zero-order chi connectivity index (χ0) is 13.7. The summed E-state index contributed by atoms with van der Waals surface area (Å²) in [5.74, 6) is -0.543. The highest BCUT2D eigenvalue weighted by molar-refractivity contribution is 7.89. The van der Waals surface area contributed by atoms with Crippen molar-refractivity contribution >= 4 is 10.0 Å². The van der Waals surface area contributed by atoms with E-state index in [0.29, 0.717) is 13.1 Å². The average molecular weight is 286 g/mol. The molecule has 0 amide bonds. The average Bonchev–Trinajstić information content (AvgIpc) is 2.40. The molecule has 1 N–H and O–H groups in total. The van der Waals surface area contributed by atoms with Gasteiger partial charge in [0.1, 0.15) is 5.82 Å². The van der Waals surface area contributed by atoms with E-state index >= 15 is 0 Å². The molecule has 0 saturated carbocycles. The van der Waals surface area contributed by atoms with Crippen molar-refractivity contribution in [2.24, 2.45) is 0 Å². The molecule has 1 aliphatic rings. The van der Waals surface area contributed by atoms with E-state index in [2.05, 4.69) is 9.62 Å². The standard InChI is InChI=1S/C13H19FN2O2S/c14-12-5-4-6-13(11-12)19(17,18)15-7-10-16-8-2-1-3-9-16/h4-6,11,15H,1-3,7-10H2. The summed E-state index contributed by atoms with van der Waals surface area (Å²) in [6.45, 7) is 3.12. The second kappa shape index (κ2) is 6.45. The van der Waals surface area contributed by atoms with Crippen LogP contribution < -0.4 is 4.72 Å². The molecule has 0 aliphatic carbocycles. The Morgan fingerprint density at radius 1 is 1.21 bits per heavy atom. The Bertz CT molecular complexity index is 513. The quantitative estimate of drug-likeness (QED) is 0.894. The summed E-state index contributed by atoms with van der Waals surface area (Å²) in [5.41, 5.74) is 0. The molecule has 0 unspecified atom stereocenters. The summed E-state index contributed by atoms with van der Waals surface area (Å²) in [7, 11) is -3.60. The first-order valence-corrected chi connectivity index (χ1v) is 8.04. The van der Waals surface area contributed by atoms with E-state index in [1.54, 1.807) is 0 Å². The molecule has 1 heterocycles. The Kier molecular flexibility index (Phi) is 4.90. The first-order valence-electron chi connectivity index (χ1n) is 6.55. The Hall–Kier alpha value is -0.980. The largest absolute Gasteiger partial charge is 0.302 e. The predicted molar refractivity (Wildman–Crippen MR) is 71.9 cm³/mol. The summed E-state index contributed by atoms with van der Waals surface area (Å²) < 4.78 is 39.4. The number of halogens is 1. The van der Waals surface area contributed by atoms with E-state index in [9.17, 15) is 12.8 Å². The maximum absolute atomic E-state index is 13.0. The molecule has 1 aromatic rings. The van der Waals surface area contributed by atoms with Crippen LogP contribution in [0.2, 0.25) is 0 Å². The van der Waals surface area contributed by atoms with Crippen LogP contribution >= 0.6 is 0 Å². The van der Waals surface area contributed by atoms with Gasteiger partial charge in [-0.3, -0.25) is 0 Å². The van der Waals surface area contributed by atoms with Gasteiger partial charge < -0.3 is 4.90 Å². The van der Waals surface area contributed by atoms with Crippen molar-refractivity contribution in [3.63, 3.8) is 0 Å². The van der Waals surface area contributed by atoms with Gasteiger partial charge in [-0.1, -0.05) is 12.5 Å². The van der Waals surface area contributed by atoms with Crippen molar-refractivity contribution < 1.29 is 12.8 Å². The second-order valence-electron chi connectivity index (χ2n) is 4.76. The van der Waals surface area contributed by atoms with Gasteiger partial charge in [0.2, 0.25) is 10.0 Å². The maximum Gasteiger partial charge on any atom is 0.240 e. The van der Waals surface area contributed by atoms with Gasteiger partial charge in [0, 0.05) is 13.1 Å². The third kappa shape index (κ3) is 4.26. The number of piperidine rings is 1. The van der Waals surface area contributed by atoms with Gasteiger partial charge in [0.25, 0.3) is 0 Å². The topological polar surface area (TPSA) is 49.4 Å². The van der Waals surface area contributed by atoms with E-state index < -0.39 is 15.8 Å². The number of hydrogen-bond donors (Lipinski definition) is 1. The van der Waals surface area contributed by atoms with Crippen LogP contribution in [0.4, 0.5) is 4.39 Å². The normalized spacial score (nSPS) is 17.5. The number of benzene rings is 1. The summed E-state index contributed by atoms with van der Waals surface area (Å²) in [4.78, 5) is 2.23. The Balaban J connectivity index is 1.87. The molecular formula is C13H19FN2O2S. The van der Waals surface area contributed by atoms with Crippen molar-refractivity contribution in [2.45, 2.75) is 24.2 Å². The van der Waals surface area contributed by atoms with Gasteiger partial charge in [0.15, 0.2) is 0 Å². The molecule has 0 spiro atoms. The lowest BCUT2D eigenvalue weighted by Crippen LogP contribution is -2.37. The lowest BCUT2D eigenvalue weighted by molar-refractivity contribution is 0.233. The molecule has 0 atom stereocenters. The first-order chi connectivity index (χ1) is 9.08. The molecule has 19 heavy (non-hydrogen) atoms. The van der Waals surface area contributed by atoms with E-state index in [0.717, 1.165) is 19.2 Å². The van der Waals surface area contributed by atoms with Crippen LogP contribution in [0.1, 0.15) is 19.3 Å². The third-order valence-electron chi connectivity index (χ3n) is 3.28. The van der Waals surface area contributed by atoms with Crippen LogP contribution in [0.15, 0.2) is 29.2 Å². The van der Waals surface area contributed by atoms with E-state index in [1.807, 2.05) is 0 Å². The molecule has 1 aliphatic heterocycles. The summed E-state index contributed by atoms with van der Waals surface area (Å²) in [6.07, 6.45) is 3.61. The molecule has 0 aromatic heterocycles. The monoisotopic (exact) mass is 286 g/mol. The van der Waals surface area contributed by atoms with Crippen LogP contribution in [0.5, 0.6) is 0 Å². The van der Waals surface area contributed by atoms with Gasteiger partial charge in [-0.05, 0) is 44.1 Å². The van der Waals surface area contributed by atoms with Crippen molar-refractivity contribution in [1.29, 1.82) is 0 Å². The van der Waals surface area contributed by atoms with Crippen LogP contribution in [-0.2, 0) is 10.0 Å². The summed E-state index contributed by atoms with van der Waals surface area (Å²) in [6, 6.07) is 5.05. The summed E-state index contributed by atoms with van der Waals surface area (Å²) >= 11 is 0. The molecular weight excluding hydrogens is 267 g/mol. The maximum atomic E-state index is 13.0. The minimum atomic E-state index is -3.60. The van der Waals surface area contributed by atoms with Gasteiger partial charge in [0.05, 0.1) is 4.90 Å². The van der Waals surface area contributed by atoms with Crippen LogP contribution in [0.25, 0.3) is 0 Å². The molecule has 0 radical (unpaired) electrons. The Morgan fingerprint density at radius 3 is 2.63 bits per heavy atom. The summed E-state index contributed by atoms with van der Waals surface area (Å²) in [5, 5.41) is 0. The number of nitrogens with one attached hydrogen (secondary N) is 1.